The fourth-order valence-electron chi connectivity index (χ4n) is 1.18. The summed E-state index contributed by atoms with van der Waals surface area (Å²) in [5.74, 6) is 0.883. The van der Waals surface area contributed by atoms with Crippen LogP contribution in [0.3, 0.4) is 0 Å². The molecule has 1 rings (SSSR count). The van der Waals surface area contributed by atoms with E-state index < -0.39 is 0 Å². The molecule has 4 heteroatoms. The van der Waals surface area contributed by atoms with Crippen LogP contribution in [0.5, 0.6) is 0 Å². The number of carbonyl (C=O) groups is 1. The van der Waals surface area contributed by atoms with Gasteiger partial charge < -0.3 is 4.42 Å². The molecule has 0 saturated carbocycles. The Balaban J connectivity index is 1.95. The molecular weight excluding hydrogens is 194 g/mol. The molecule has 0 fully saturated rings. The van der Waals surface area contributed by atoms with E-state index in [9.17, 15) is 4.79 Å². The number of nitrogens with one attached hydrogen (secondary N) is 1. The Bertz CT molecular complexity index is 269. The molecular formula is C11H17NO3. The number of aryl methyl sites for hydroxylation is 1. The molecule has 84 valence electrons. The second-order valence-electron chi connectivity index (χ2n) is 3.31. The molecule has 0 aliphatic heterocycles. The van der Waals surface area contributed by atoms with Crippen LogP contribution in [0.1, 0.15) is 31.9 Å². The lowest BCUT2D eigenvalue weighted by Gasteiger charge is -2.03. The van der Waals surface area contributed by atoms with Crippen LogP contribution in [0.2, 0.25) is 0 Å². The highest BCUT2D eigenvalue weighted by molar-refractivity contribution is 5.74. The molecule has 1 aromatic rings. The Morgan fingerprint density at radius 1 is 1.60 bits per heavy atom. The first-order valence-corrected chi connectivity index (χ1v) is 5.26. The number of carbonyl (C=O) groups excluding carboxylic acids is 1. The van der Waals surface area contributed by atoms with Gasteiger partial charge in [-0.15, -0.1) is 0 Å². The number of hydrogen-bond donors (Lipinski definition) is 1. The van der Waals surface area contributed by atoms with E-state index >= 15 is 0 Å². The Labute approximate surface area is 89.6 Å². The topological polar surface area (TPSA) is 51.5 Å². The highest BCUT2D eigenvalue weighted by Gasteiger charge is 1.99. The molecule has 4 nitrogen and oxygen atoms in total. The average molecular weight is 211 g/mol. The van der Waals surface area contributed by atoms with Crippen molar-refractivity contribution in [1.29, 1.82) is 0 Å². The van der Waals surface area contributed by atoms with E-state index in [1.807, 2.05) is 19.1 Å². The molecule has 0 aliphatic rings. The Morgan fingerprint density at radius 2 is 2.47 bits per heavy atom. The fraction of sp³-hybridized carbons (Fsp3) is 0.545. The Kier molecular flexibility index (Phi) is 5.55. The Hall–Kier alpha value is -1.29. The van der Waals surface area contributed by atoms with Gasteiger partial charge in [0, 0.05) is 12.8 Å². The van der Waals surface area contributed by atoms with Crippen LogP contribution in [0.4, 0.5) is 0 Å². The fourth-order valence-corrected chi connectivity index (χ4v) is 1.18. The zero-order valence-corrected chi connectivity index (χ0v) is 8.99. The summed E-state index contributed by atoms with van der Waals surface area (Å²) in [6.45, 7) is 2.46. The van der Waals surface area contributed by atoms with E-state index in [1.54, 1.807) is 6.26 Å². The van der Waals surface area contributed by atoms with Crippen LogP contribution < -0.4 is 5.48 Å². The van der Waals surface area contributed by atoms with Crippen molar-refractivity contribution in [3.8, 4) is 0 Å². The van der Waals surface area contributed by atoms with Crippen LogP contribution in [0.15, 0.2) is 22.8 Å². The second-order valence-corrected chi connectivity index (χ2v) is 3.31. The lowest BCUT2D eigenvalue weighted by Crippen LogP contribution is -2.23. The number of rotatable bonds is 7. The molecule has 1 N–H and O–H groups in total. The molecule has 0 unspecified atom stereocenters. The van der Waals surface area contributed by atoms with Gasteiger partial charge in [0.2, 0.25) is 5.91 Å². The van der Waals surface area contributed by atoms with Gasteiger partial charge in [0.1, 0.15) is 5.76 Å². The van der Waals surface area contributed by atoms with Crippen molar-refractivity contribution in [3.05, 3.63) is 24.2 Å². The summed E-state index contributed by atoms with van der Waals surface area (Å²) in [7, 11) is 0. The standard InChI is InChI=1S/C11H17NO3/c1-2-5-11(13)12-15-9-4-7-10-6-3-8-14-10/h3,6,8H,2,4-5,7,9H2,1H3,(H,12,13). The molecule has 0 radical (unpaired) electrons. The quantitative estimate of drug-likeness (QED) is 0.554. The van der Waals surface area contributed by atoms with Crippen molar-refractivity contribution in [1.82, 2.24) is 5.48 Å². The number of hydroxylamine groups is 1. The number of furan rings is 1. The van der Waals surface area contributed by atoms with Gasteiger partial charge in [0.15, 0.2) is 0 Å². The smallest absolute Gasteiger partial charge is 0.243 e. The lowest BCUT2D eigenvalue weighted by atomic mass is 10.3. The van der Waals surface area contributed by atoms with Gasteiger partial charge in [-0.05, 0) is 25.0 Å². The van der Waals surface area contributed by atoms with Gasteiger partial charge >= 0.3 is 0 Å². The van der Waals surface area contributed by atoms with E-state index in [2.05, 4.69) is 5.48 Å². The maximum absolute atomic E-state index is 11.0. The SMILES string of the molecule is CCCC(=O)NOCCCc1ccco1. The first kappa shape index (κ1) is 11.8. The van der Waals surface area contributed by atoms with Gasteiger partial charge in [-0.2, -0.15) is 0 Å². The maximum Gasteiger partial charge on any atom is 0.243 e. The number of hydrogen-bond acceptors (Lipinski definition) is 3. The normalized spacial score (nSPS) is 10.2. The van der Waals surface area contributed by atoms with Crippen LogP contribution in [-0.2, 0) is 16.1 Å². The van der Waals surface area contributed by atoms with Crippen LogP contribution >= 0.6 is 0 Å². The summed E-state index contributed by atoms with van der Waals surface area (Å²) in [4.78, 5) is 16.0. The minimum Gasteiger partial charge on any atom is -0.469 e. The summed E-state index contributed by atoms with van der Waals surface area (Å²) in [5.41, 5.74) is 2.39. The lowest BCUT2D eigenvalue weighted by molar-refractivity contribution is -0.133. The summed E-state index contributed by atoms with van der Waals surface area (Å²) in [5, 5.41) is 0. The summed E-state index contributed by atoms with van der Waals surface area (Å²) >= 11 is 0. The minimum atomic E-state index is -0.0597. The molecule has 15 heavy (non-hydrogen) atoms. The molecule has 0 aliphatic carbocycles. The van der Waals surface area contributed by atoms with Crippen molar-refractivity contribution in [2.24, 2.45) is 0 Å². The zero-order valence-electron chi connectivity index (χ0n) is 8.99. The van der Waals surface area contributed by atoms with Gasteiger partial charge in [-0.1, -0.05) is 6.92 Å². The summed E-state index contributed by atoms with van der Waals surface area (Å²) in [6.07, 6.45) is 4.66. The van der Waals surface area contributed by atoms with Gasteiger partial charge in [-0.25, -0.2) is 5.48 Å². The predicted octanol–water partition coefficient (Wildman–Crippen LogP) is 2.06. The molecule has 0 bridgehead atoms. The minimum absolute atomic E-state index is 0.0597. The average Bonchev–Trinajstić information content (AvgIpc) is 2.70. The first-order valence-electron chi connectivity index (χ1n) is 5.26. The molecule has 1 aromatic heterocycles. The third kappa shape index (κ3) is 5.22. The highest BCUT2D eigenvalue weighted by atomic mass is 16.6. The van der Waals surface area contributed by atoms with Crippen LogP contribution in [-0.4, -0.2) is 12.5 Å². The van der Waals surface area contributed by atoms with E-state index in [1.165, 1.54) is 0 Å². The van der Waals surface area contributed by atoms with Crippen molar-refractivity contribution < 1.29 is 14.0 Å². The first-order chi connectivity index (χ1) is 7.33. The third-order valence-corrected chi connectivity index (χ3v) is 1.91. The molecule has 0 saturated heterocycles. The van der Waals surface area contributed by atoms with E-state index in [0.29, 0.717) is 13.0 Å². The second kappa shape index (κ2) is 7.06. The van der Waals surface area contributed by atoms with E-state index in [4.69, 9.17) is 9.25 Å². The van der Waals surface area contributed by atoms with Crippen LogP contribution in [0.25, 0.3) is 0 Å². The molecule has 0 spiro atoms. The van der Waals surface area contributed by atoms with Gasteiger partial charge in [0.25, 0.3) is 0 Å². The molecule has 0 atom stereocenters. The van der Waals surface area contributed by atoms with Gasteiger partial charge in [0.05, 0.1) is 12.9 Å². The van der Waals surface area contributed by atoms with Gasteiger partial charge in [-0.3, -0.25) is 9.63 Å². The Morgan fingerprint density at radius 3 is 3.13 bits per heavy atom. The maximum atomic E-state index is 11.0. The van der Waals surface area contributed by atoms with Crippen LogP contribution in [0, 0.1) is 0 Å². The van der Waals surface area contributed by atoms with E-state index in [-0.39, 0.29) is 5.91 Å². The summed E-state index contributed by atoms with van der Waals surface area (Å²) < 4.78 is 5.16. The highest BCUT2D eigenvalue weighted by Crippen LogP contribution is 2.02. The largest absolute Gasteiger partial charge is 0.469 e. The zero-order chi connectivity index (χ0) is 10.9. The third-order valence-electron chi connectivity index (χ3n) is 1.91. The molecule has 1 heterocycles. The van der Waals surface area contributed by atoms with Crippen molar-refractivity contribution in [2.75, 3.05) is 6.61 Å². The number of amides is 1. The van der Waals surface area contributed by atoms with Crippen molar-refractivity contribution >= 4 is 5.91 Å². The molecule has 0 aromatic carbocycles. The van der Waals surface area contributed by atoms with Crippen molar-refractivity contribution in [3.63, 3.8) is 0 Å². The van der Waals surface area contributed by atoms with E-state index in [0.717, 1.165) is 25.0 Å². The molecule has 1 amide bonds. The summed E-state index contributed by atoms with van der Waals surface area (Å²) in [6, 6.07) is 3.79. The van der Waals surface area contributed by atoms with Crippen molar-refractivity contribution in [2.45, 2.75) is 32.6 Å². The monoisotopic (exact) mass is 211 g/mol. The predicted molar refractivity (Wildman–Crippen MR) is 56.0 cm³/mol.